The van der Waals surface area contributed by atoms with Crippen molar-refractivity contribution in [2.75, 3.05) is 20.6 Å². The first-order valence-corrected chi connectivity index (χ1v) is 6.15. The van der Waals surface area contributed by atoms with E-state index < -0.39 is 0 Å². The molecule has 0 bridgehead atoms. The maximum Gasteiger partial charge on any atom is 0.238 e. The minimum Gasteiger partial charge on any atom is -0.409 e. The largest absolute Gasteiger partial charge is 0.409 e. The molecular weight excluding hydrogens is 232 g/mol. The van der Waals surface area contributed by atoms with Gasteiger partial charge in [-0.05, 0) is 26.3 Å². The number of amidine groups is 1. The van der Waals surface area contributed by atoms with Crippen molar-refractivity contribution in [2.45, 2.75) is 39.7 Å². The Kier molecular flexibility index (Phi) is 6.68. The van der Waals surface area contributed by atoms with Gasteiger partial charge in [0, 0.05) is 19.5 Å². The summed E-state index contributed by atoms with van der Waals surface area (Å²) in [6.45, 7) is 6.42. The summed E-state index contributed by atoms with van der Waals surface area (Å²) in [4.78, 5) is 13.1. The van der Waals surface area contributed by atoms with Crippen molar-refractivity contribution < 1.29 is 10.0 Å². The van der Waals surface area contributed by atoms with Gasteiger partial charge in [-0.3, -0.25) is 4.79 Å². The Hall–Kier alpha value is -1.30. The summed E-state index contributed by atoms with van der Waals surface area (Å²) in [6, 6.07) is -0.188. The first-order chi connectivity index (χ1) is 8.22. The van der Waals surface area contributed by atoms with Crippen LogP contribution in [0.1, 0.15) is 33.6 Å². The summed E-state index contributed by atoms with van der Waals surface area (Å²) in [6.07, 6.45) is 1.65. The van der Waals surface area contributed by atoms with Gasteiger partial charge in [0.1, 0.15) is 5.84 Å². The molecule has 6 heteroatoms. The second-order valence-electron chi connectivity index (χ2n) is 5.38. The molecule has 0 rings (SSSR count). The van der Waals surface area contributed by atoms with Crippen molar-refractivity contribution >= 4 is 11.7 Å². The SMILES string of the molecule is CC(NCCCC(C)(C)C(N)=NO)C(=O)N(C)C. The molecule has 0 saturated heterocycles. The van der Waals surface area contributed by atoms with Crippen molar-refractivity contribution in [3.05, 3.63) is 0 Å². The van der Waals surface area contributed by atoms with Gasteiger partial charge in [-0.2, -0.15) is 0 Å². The second-order valence-corrected chi connectivity index (χ2v) is 5.38. The molecule has 0 heterocycles. The lowest BCUT2D eigenvalue weighted by atomic mass is 9.86. The highest BCUT2D eigenvalue weighted by atomic mass is 16.4. The van der Waals surface area contributed by atoms with E-state index in [1.54, 1.807) is 19.0 Å². The summed E-state index contributed by atoms with van der Waals surface area (Å²) >= 11 is 0. The second kappa shape index (κ2) is 7.20. The number of carbonyl (C=O) groups is 1. The molecule has 106 valence electrons. The molecule has 4 N–H and O–H groups in total. The van der Waals surface area contributed by atoms with Gasteiger partial charge in [-0.15, -0.1) is 0 Å². The van der Waals surface area contributed by atoms with Crippen molar-refractivity contribution in [2.24, 2.45) is 16.3 Å². The van der Waals surface area contributed by atoms with Gasteiger partial charge in [0.25, 0.3) is 0 Å². The zero-order chi connectivity index (χ0) is 14.3. The highest BCUT2D eigenvalue weighted by molar-refractivity contribution is 5.85. The molecule has 1 atom stereocenters. The van der Waals surface area contributed by atoms with Crippen LogP contribution >= 0.6 is 0 Å². The van der Waals surface area contributed by atoms with Gasteiger partial charge in [0.15, 0.2) is 0 Å². The first-order valence-electron chi connectivity index (χ1n) is 6.15. The quantitative estimate of drug-likeness (QED) is 0.205. The predicted octanol–water partition coefficient (Wildman–Crippen LogP) is 0.606. The third-order valence-electron chi connectivity index (χ3n) is 3.04. The summed E-state index contributed by atoms with van der Waals surface area (Å²) in [5.41, 5.74) is 5.27. The molecule has 0 aliphatic rings. The zero-order valence-electron chi connectivity index (χ0n) is 12.0. The Morgan fingerprint density at radius 2 is 2.06 bits per heavy atom. The number of carbonyl (C=O) groups excluding carboxylic acids is 1. The fourth-order valence-electron chi connectivity index (χ4n) is 1.59. The molecule has 0 aromatic rings. The number of nitrogens with zero attached hydrogens (tertiary/aromatic N) is 2. The van der Waals surface area contributed by atoms with E-state index in [-0.39, 0.29) is 23.2 Å². The van der Waals surface area contributed by atoms with Crippen LogP contribution in [0.25, 0.3) is 0 Å². The number of amides is 1. The summed E-state index contributed by atoms with van der Waals surface area (Å²) in [5, 5.41) is 14.8. The van der Waals surface area contributed by atoms with Crippen LogP contribution in [-0.4, -0.2) is 48.5 Å². The smallest absolute Gasteiger partial charge is 0.238 e. The Balaban J connectivity index is 3.98. The fourth-order valence-corrected chi connectivity index (χ4v) is 1.59. The zero-order valence-corrected chi connectivity index (χ0v) is 12.0. The monoisotopic (exact) mass is 258 g/mol. The number of nitrogens with one attached hydrogen (secondary N) is 1. The van der Waals surface area contributed by atoms with Crippen LogP contribution in [0.2, 0.25) is 0 Å². The number of rotatable bonds is 7. The van der Waals surface area contributed by atoms with E-state index in [2.05, 4.69) is 10.5 Å². The van der Waals surface area contributed by atoms with Crippen LogP contribution in [0, 0.1) is 5.41 Å². The van der Waals surface area contributed by atoms with Crippen LogP contribution in [0.5, 0.6) is 0 Å². The normalized spacial score (nSPS) is 14.4. The maximum atomic E-state index is 11.6. The summed E-state index contributed by atoms with van der Waals surface area (Å²) < 4.78 is 0. The van der Waals surface area contributed by atoms with E-state index in [1.807, 2.05) is 20.8 Å². The van der Waals surface area contributed by atoms with Gasteiger partial charge in [0.2, 0.25) is 5.91 Å². The van der Waals surface area contributed by atoms with E-state index in [9.17, 15) is 4.79 Å². The molecule has 0 aromatic carbocycles. The average molecular weight is 258 g/mol. The number of nitrogens with two attached hydrogens (primary N) is 1. The van der Waals surface area contributed by atoms with Crippen LogP contribution in [0.3, 0.4) is 0 Å². The molecule has 0 aliphatic carbocycles. The number of likely N-dealkylation sites (N-methyl/N-ethyl adjacent to an activating group) is 1. The fraction of sp³-hybridized carbons (Fsp3) is 0.833. The third-order valence-corrected chi connectivity index (χ3v) is 3.04. The highest BCUT2D eigenvalue weighted by Crippen LogP contribution is 2.21. The lowest BCUT2D eigenvalue weighted by Crippen LogP contribution is -2.42. The molecule has 0 fully saturated rings. The molecule has 1 unspecified atom stereocenters. The lowest BCUT2D eigenvalue weighted by molar-refractivity contribution is -0.130. The van der Waals surface area contributed by atoms with E-state index in [1.165, 1.54) is 0 Å². The van der Waals surface area contributed by atoms with Gasteiger partial charge in [-0.1, -0.05) is 19.0 Å². The molecular formula is C12H26N4O2. The molecule has 0 radical (unpaired) electrons. The van der Waals surface area contributed by atoms with Gasteiger partial charge in [-0.25, -0.2) is 0 Å². The molecule has 0 aromatic heterocycles. The molecule has 1 amide bonds. The minimum atomic E-state index is -0.328. The Morgan fingerprint density at radius 1 is 1.50 bits per heavy atom. The van der Waals surface area contributed by atoms with E-state index in [4.69, 9.17) is 10.9 Å². The molecule has 18 heavy (non-hydrogen) atoms. The van der Waals surface area contributed by atoms with Crippen LogP contribution in [0.4, 0.5) is 0 Å². The summed E-state index contributed by atoms with van der Waals surface area (Å²) in [7, 11) is 3.48. The molecule has 0 spiro atoms. The van der Waals surface area contributed by atoms with Crippen LogP contribution in [-0.2, 0) is 4.79 Å². The van der Waals surface area contributed by atoms with Crippen LogP contribution in [0.15, 0.2) is 5.16 Å². The van der Waals surface area contributed by atoms with Crippen molar-refractivity contribution in [3.8, 4) is 0 Å². The number of hydrogen-bond donors (Lipinski definition) is 3. The van der Waals surface area contributed by atoms with Crippen molar-refractivity contribution in [1.29, 1.82) is 0 Å². The third kappa shape index (κ3) is 5.35. The van der Waals surface area contributed by atoms with Gasteiger partial charge in [0.05, 0.1) is 6.04 Å². The van der Waals surface area contributed by atoms with Crippen molar-refractivity contribution in [1.82, 2.24) is 10.2 Å². The molecule has 0 aliphatic heterocycles. The van der Waals surface area contributed by atoms with E-state index in [0.717, 1.165) is 19.4 Å². The summed E-state index contributed by atoms with van der Waals surface area (Å²) in [5.74, 6) is 0.297. The maximum absolute atomic E-state index is 11.6. The topological polar surface area (TPSA) is 91.0 Å². The lowest BCUT2D eigenvalue weighted by Gasteiger charge is -2.23. The van der Waals surface area contributed by atoms with E-state index >= 15 is 0 Å². The minimum absolute atomic E-state index is 0.0608. The predicted molar refractivity (Wildman–Crippen MR) is 72.6 cm³/mol. The number of oxime groups is 1. The Morgan fingerprint density at radius 3 is 2.50 bits per heavy atom. The highest BCUT2D eigenvalue weighted by Gasteiger charge is 2.23. The Labute approximate surface area is 109 Å². The Bertz CT molecular complexity index is 300. The van der Waals surface area contributed by atoms with Crippen LogP contribution < -0.4 is 11.1 Å². The standard InChI is InChI=1S/C12H26N4O2/c1-9(10(17)16(4)5)14-8-6-7-12(2,3)11(13)15-18/h9,14,18H,6-8H2,1-5H3,(H2,13,15). The first kappa shape index (κ1) is 16.7. The van der Waals surface area contributed by atoms with E-state index in [0.29, 0.717) is 0 Å². The number of hydrogen-bond acceptors (Lipinski definition) is 4. The average Bonchev–Trinajstić information content (AvgIpc) is 2.31. The van der Waals surface area contributed by atoms with Gasteiger partial charge >= 0.3 is 0 Å². The molecule has 6 nitrogen and oxygen atoms in total. The van der Waals surface area contributed by atoms with Gasteiger partial charge < -0.3 is 21.2 Å². The molecule has 0 saturated carbocycles. The van der Waals surface area contributed by atoms with Crippen molar-refractivity contribution in [3.63, 3.8) is 0 Å².